The van der Waals surface area contributed by atoms with Crippen molar-refractivity contribution in [1.29, 1.82) is 0 Å². The van der Waals surface area contributed by atoms with Crippen molar-refractivity contribution in [3.8, 4) is 0 Å². The van der Waals surface area contributed by atoms with E-state index in [0.29, 0.717) is 27.2 Å². The zero-order valence-corrected chi connectivity index (χ0v) is 20.2. The van der Waals surface area contributed by atoms with Gasteiger partial charge in [-0.25, -0.2) is 4.79 Å². The number of rotatable bonds is 7. The van der Waals surface area contributed by atoms with Crippen LogP contribution in [0.1, 0.15) is 27.6 Å². The van der Waals surface area contributed by atoms with Gasteiger partial charge in [-0.15, -0.1) is 11.8 Å². The summed E-state index contributed by atoms with van der Waals surface area (Å²) in [5.74, 6) is -1.69. The number of carbonyl (C=O) groups is 3. The third-order valence-electron chi connectivity index (χ3n) is 5.25. The highest BCUT2D eigenvalue weighted by Gasteiger charge is 2.18. The van der Waals surface area contributed by atoms with Crippen LogP contribution in [-0.4, -0.2) is 28.1 Å². The van der Waals surface area contributed by atoms with E-state index in [1.807, 2.05) is 6.07 Å². The SMILES string of the molecule is CC(Sc1cccc(NC(=O)c2cccc3cccc(C(=O)O)c23)c1)C(=O)Nc1cccc(Cl)c1. The quantitative estimate of drug-likeness (QED) is 0.248. The molecule has 4 aromatic carbocycles. The first-order valence-electron chi connectivity index (χ1n) is 10.7. The van der Waals surface area contributed by atoms with Gasteiger partial charge in [0.05, 0.1) is 10.8 Å². The van der Waals surface area contributed by atoms with E-state index >= 15 is 0 Å². The molecular weight excluding hydrogens is 484 g/mol. The fraction of sp³-hybridized carbons (Fsp3) is 0.0741. The zero-order valence-electron chi connectivity index (χ0n) is 18.6. The molecule has 0 saturated carbocycles. The number of carboxylic acids is 1. The van der Waals surface area contributed by atoms with Crippen molar-refractivity contribution in [1.82, 2.24) is 0 Å². The standard InChI is InChI=1S/C27H21ClN2O4S/c1-16(25(31)29-19-9-4-8-18(28)14-19)35-21-11-5-10-20(15-21)30-26(32)22-12-2-6-17-7-3-13-23(24(17)22)27(33)34/h2-16H,1H3,(H,29,31)(H,30,32)(H,33,34). The number of hydrogen-bond acceptors (Lipinski definition) is 4. The summed E-state index contributed by atoms with van der Waals surface area (Å²) in [5, 5.41) is 16.4. The molecule has 3 N–H and O–H groups in total. The van der Waals surface area contributed by atoms with Gasteiger partial charge in [0.15, 0.2) is 0 Å². The van der Waals surface area contributed by atoms with Crippen molar-refractivity contribution in [3.63, 3.8) is 0 Å². The monoisotopic (exact) mass is 504 g/mol. The lowest BCUT2D eigenvalue weighted by Crippen LogP contribution is -2.22. The maximum absolute atomic E-state index is 13.1. The predicted octanol–water partition coefficient (Wildman–Crippen LogP) is 6.56. The minimum absolute atomic E-state index is 0.0668. The number of benzene rings is 4. The van der Waals surface area contributed by atoms with Crippen LogP contribution in [0.2, 0.25) is 5.02 Å². The van der Waals surface area contributed by atoms with Crippen LogP contribution in [0.25, 0.3) is 10.8 Å². The van der Waals surface area contributed by atoms with Crippen LogP contribution in [0, 0.1) is 0 Å². The maximum atomic E-state index is 13.1. The van der Waals surface area contributed by atoms with Crippen LogP contribution < -0.4 is 10.6 Å². The Bertz CT molecular complexity index is 1430. The van der Waals surface area contributed by atoms with Crippen molar-refractivity contribution in [2.24, 2.45) is 0 Å². The molecule has 1 unspecified atom stereocenters. The molecule has 1 atom stereocenters. The van der Waals surface area contributed by atoms with Crippen molar-refractivity contribution >= 4 is 63.3 Å². The maximum Gasteiger partial charge on any atom is 0.336 e. The van der Waals surface area contributed by atoms with Gasteiger partial charge in [-0.1, -0.05) is 48.0 Å². The Labute approximate surface area is 211 Å². The third-order valence-corrected chi connectivity index (χ3v) is 6.57. The fourth-order valence-corrected chi connectivity index (χ4v) is 4.74. The Morgan fingerprint density at radius 1 is 0.829 bits per heavy atom. The molecule has 4 rings (SSSR count). The number of anilines is 2. The molecule has 0 radical (unpaired) electrons. The summed E-state index contributed by atoms with van der Waals surface area (Å²) in [6, 6.07) is 24.1. The summed E-state index contributed by atoms with van der Waals surface area (Å²) in [7, 11) is 0. The summed E-state index contributed by atoms with van der Waals surface area (Å²) in [6.45, 7) is 1.79. The molecule has 0 aromatic heterocycles. The number of hydrogen-bond donors (Lipinski definition) is 3. The number of fused-ring (bicyclic) bond motifs is 1. The van der Waals surface area contributed by atoms with E-state index in [4.69, 9.17) is 11.6 Å². The molecule has 35 heavy (non-hydrogen) atoms. The molecule has 0 fully saturated rings. The average Bonchev–Trinajstić information content (AvgIpc) is 2.83. The second-order valence-electron chi connectivity index (χ2n) is 7.76. The van der Waals surface area contributed by atoms with Crippen LogP contribution in [-0.2, 0) is 4.79 Å². The van der Waals surface area contributed by atoms with Gasteiger partial charge in [-0.2, -0.15) is 0 Å². The minimum atomic E-state index is -1.10. The summed E-state index contributed by atoms with van der Waals surface area (Å²) in [4.78, 5) is 38.2. The summed E-state index contributed by atoms with van der Waals surface area (Å²) in [6.07, 6.45) is 0. The Balaban J connectivity index is 1.49. The second-order valence-corrected chi connectivity index (χ2v) is 9.61. The molecular formula is C27H21ClN2O4S. The van der Waals surface area contributed by atoms with E-state index in [9.17, 15) is 19.5 Å². The lowest BCUT2D eigenvalue weighted by Gasteiger charge is -2.14. The van der Waals surface area contributed by atoms with E-state index in [2.05, 4.69) is 10.6 Å². The highest BCUT2D eigenvalue weighted by Crippen LogP contribution is 2.28. The zero-order chi connectivity index (χ0) is 24.9. The van der Waals surface area contributed by atoms with Crippen molar-refractivity contribution in [2.45, 2.75) is 17.1 Å². The van der Waals surface area contributed by atoms with Crippen LogP contribution in [0.3, 0.4) is 0 Å². The normalized spacial score (nSPS) is 11.6. The minimum Gasteiger partial charge on any atom is -0.478 e. The van der Waals surface area contributed by atoms with Gasteiger partial charge >= 0.3 is 5.97 Å². The second kappa shape index (κ2) is 10.6. The number of nitrogens with one attached hydrogen (secondary N) is 2. The highest BCUT2D eigenvalue weighted by atomic mass is 35.5. The van der Waals surface area contributed by atoms with Crippen molar-refractivity contribution in [2.75, 3.05) is 10.6 Å². The van der Waals surface area contributed by atoms with E-state index in [1.165, 1.54) is 17.8 Å². The van der Waals surface area contributed by atoms with Gasteiger partial charge in [0.25, 0.3) is 5.91 Å². The van der Waals surface area contributed by atoms with Crippen LogP contribution in [0.4, 0.5) is 11.4 Å². The number of thioether (sulfide) groups is 1. The molecule has 0 aliphatic rings. The Hall–Kier alpha value is -3.81. The first kappa shape index (κ1) is 24.3. The summed E-state index contributed by atoms with van der Waals surface area (Å²) < 4.78 is 0. The number of carboxylic acid groups (broad SMARTS) is 1. The molecule has 0 spiro atoms. The Kier molecular flexibility index (Phi) is 7.39. The molecule has 176 valence electrons. The molecule has 0 aliphatic carbocycles. The molecule has 0 saturated heterocycles. The van der Waals surface area contributed by atoms with Crippen molar-refractivity contribution in [3.05, 3.63) is 101 Å². The first-order valence-corrected chi connectivity index (χ1v) is 12.0. The van der Waals surface area contributed by atoms with Gasteiger partial charge < -0.3 is 15.7 Å². The Morgan fingerprint density at radius 2 is 1.46 bits per heavy atom. The molecule has 8 heteroatoms. The van der Waals surface area contributed by atoms with Crippen LogP contribution in [0.5, 0.6) is 0 Å². The number of aromatic carboxylic acids is 1. The molecule has 0 aliphatic heterocycles. The fourth-order valence-electron chi connectivity index (χ4n) is 3.62. The smallest absolute Gasteiger partial charge is 0.336 e. The van der Waals surface area contributed by atoms with Crippen molar-refractivity contribution < 1.29 is 19.5 Å². The summed E-state index contributed by atoms with van der Waals surface area (Å²) >= 11 is 7.32. The number of halogens is 1. The summed E-state index contributed by atoms with van der Waals surface area (Å²) in [5.41, 5.74) is 1.49. The van der Waals surface area contributed by atoms with Gasteiger partial charge in [0.1, 0.15) is 0 Å². The third kappa shape index (κ3) is 5.82. The molecule has 0 bridgehead atoms. The lowest BCUT2D eigenvalue weighted by atomic mass is 9.98. The van der Waals surface area contributed by atoms with Gasteiger partial charge in [-0.05, 0) is 60.8 Å². The molecule has 2 amide bonds. The topological polar surface area (TPSA) is 95.5 Å². The van der Waals surface area contributed by atoms with E-state index in [0.717, 1.165) is 4.90 Å². The molecule has 0 heterocycles. The average molecular weight is 505 g/mol. The predicted molar refractivity (Wildman–Crippen MR) is 141 cm³/mol. The first-order chi connectivity index (χ1) is 16.8. The van der Waals surface area contributed by atoms with Gasteiger partial charge in [0.2, 0.25) is 5.91 Å². The van der Waals surface area contributed by atoms with Crippen LogP contribution in [0.15, 0.2) is 89.8 Å². The molecule has 6 nitrogen and oxygen atoms in total. The number of amides is 2. The Morgan fingerprint density at radius 3 is 2.14 bits per heavy atom. The number of carbonyl (C=O) groups excluding carboxylic acids is 2. The van der Waals surface area contributed by atoms with Gasteiger partial charge in [0, 0.05) is 32.2 Å². The van der Waals surface area contributed by atoms with E-state index < -0.39 is 17.1 Å². The van der Waals surface area contributed by atoms with E-state index in [1.54, 1.807) is 79.7 Å². The lowest BCUT2D eigenvalue weighted by molar-refractivity contribution is -0.115. The van der Waals surface area contributed by atoms with Gasteiger partial charge in [-0.3, -0.25) is 9.59 Å². The van der Waals surface area contributed by atoms with Crippen LogP contribution >= 0.6 is 23.4 Å². The largest absolute Gasteiger partial charge is 0.478 e. The molecule has 4 aromatic rings. The highest BCUT2D eigenvalue weighted by molar-refractivity contribution is 8.00. The van der Waals surface area contributed by atoms with E-state index in [-0.39, 0.29) is 17.0 Å².